The molecular formula is C14H17N3O3. The number of nitrogens with zero attached hydrogens (tertiary/aromatic N) is 1. The van der Waals surface area contributed by atoms with E-state index in [2.05, 4.69) is 10.9 Å². The van der Waals surface area contributed by atoms with Crippen LogP contribution in [0, 0.1) is 12.3 Å². The number of aliphatic hydroxyl groups is 1. The maximum atomic E-state index is 11.7. The Morgan fingerprint density at radius 3 is 2.90 bits per heavy atom. The van der Waals surface area contributed by atoms with Gasteiger partial charge >= 0.3 is 0 Å². The fraction of sp³-hybridized carbons (Fsp3) is 0.429. The molecule has 1 aliphatic heterocycles. The van der Waals surface area contributed by atoms with Gasteiger partial charge in [-0.25, -0.2) is 4.98 Å². The van der Waals surface area contributed by atoms with Gasteiger partial charge in [0.05, 0.1) is 5.69 Å². The molecule has 2 rings (SSSR count). The van der Waals surface area contributed by atoms with Crippen LogP contribution in [-0.4, -0.2) is 29.1 Å². The van der Waals surface area contributed by atoms with Gasteiger partial charge in [0.2, 0.25) is 5.91 Å². The number of carbonyl (C=O) groups excluding carboxylic acids is 1. The van der Waals surface area contributed by atoms with E-state index in [9.17, 15) is 9.90 Å². The monoisotopic (exact) mass is 275 g/mol. The Kier molecular flexibility index (Phi) is 3.20. The van der Waals surface area contributed by atoms with E-state index in [0.717, 1.165) is 0 Å². The van der Waals surface area contributed by atoms with Crippen molar-refractivity contribution in [3.8, 4) is 18.1 Å². The molecule has 2 atom stereocenters. The number of hydrogen-bond donors (Lipinski definition) is 3. The molecule has 0 fully saturated rings. The van der Waals surface area contributed by atoms with Gasteiger partial charge in [0.1, 0.15) is 17.6 Å². The highest BCUT2D eigenvalue weighted by molar-refractivity contribution is 5.88. The number of rotatable bonds is 3. The van der Waals surface area contributed by atoms with E-state index in [1.807, 2.05) is 0 Å². The van der Waals surface area contributed by atoms with Crippen LogP contribution >= 0.6 is 0 Å². The molecule has 0 radical (unpaired) electrons. The fourth-order valence-electron chi connectivity index (χ4n) is 2.07. The van der Waals surface area contributed by atoms with Crippen molar-refractivity contribution in [2.45, 2.75) is 24.9 Å². The van der Waals surface area contributed by atoms with Gasteiger partial charge in [-0.2, -0.15) is 0 Å². The number of aromatic nitrogens is 1. The van der Waals surface area contributed by atoms with Gasteiger partial charge in [-0.15, -0.1) is 6.42 Å². The van der Waals surface area contributed by atoms with Gasteiger partial charge in [0, 0.05) is 12.1 Å². The van der Waals surface area contributed by atoms with E-state index < -0.39 is 16.9 Å². The largest absolute Gasteiger partial charge is 0.489 e. The van der Waals surface area contributed by atoms with Crippen LogP contribution in [0.4, 0.5) is 0 Å². The minimum atomic E-state index is -1.35. The summed E-state index contributed by atoms with van der Waals surface area (Å²) < 4.78 is 5.48. The topological polar surface area (TPSA) is 111 Å². The van der Waals surface area contributed by atoms with Crippen LogP contribution in [0.3, 0.4) is 0 Å². The summed E-state index contributed by atoms with van der Waals surface area (Å²) >= 11 is 0. The Morgan fingerprint density at radius 1 is 1.75 bits per heavy atom. The molecule has 2 heterocycles. The SMILES string of the molecule is C#Cc1nc([C@@](C)(O)CN)cc2c1OC[C@]2(C)C(N)=O. The van der Waals surface area contributed by atoms with Gasteiger partial charge in [0.25, 0.3) is 0 Å². The summed E-state index contributed by atoms with van der Waals surface area (Å²) in [7, 11) is 0. The molecule has 1 amide bonds. The lowest BCUT2D eigenvalue weighted by Crippen LogP contribution is -2.40. The van der Waals surface area contributed by atoms with Crippen molar-refractivity contribution in [3.05, 3.63) is 23.0 Å². The number of terminal acetylenes is 1. The highest BCUT2D eigenvalue weighted by Crippen LogP contribution is 2.41. The number of carbonyl (C=O) groups is 1. The first kappa shape index (κ1) is 14.3. The molecule has 1 aromatic heterocycles. The molecule has 0 aromatic carbocycles. The third-order valence-electron chi connectivity index (χ3n) is 3.70. The van der Waals surface area contributed by atoms with E-state index in [0.29, 0.717) is 17.0 Å². The zero-order valence-electron chi connectivity index (χ0n) is 11.4. The van der Waals surface area contributed by atoms with Crippen LogP contribution in [0.2, 0.25) is 0 Å². The number of amides is 1. The molecule has 0 saturated carbocycles. The fourth-order valence-corrected chi connectivity index (χ4v) is 2.07. The zero-order chi connectivity index (χ0) is 15.1. The number of fused-ring (bicyclic) bond motifs is 1. The minimum Gasteiger partial charge on any atom is -0.489 e. The van der Waals surface area contributed by atoms with E-state index in [-0.39, 0.29) is 18.8 Å². The highest BCUT2D eigenvalue weighted by atomic mass is 16.5. The smallest absolute Gasteiger partial charge is 0.231 e. The summed E-state index contributed by atoms with van der Waals surface area (Å²) in [6, 6.07) is 1.58. The molecule has 20 heavy (non-hydrogen) atoms. The van der Waals surface area contributed by atoms with Crippen LogP contribution in [0.25, 0.3) is 0 Å². The molecule has 5 N–H and O–H groups in total. The second-order valence-electron chi connectivity index (χ2n) is 5.34. The molecule has 1 aromatic rings. The standard InChI is InChI=1S/C14H17N3O3/c1-4-9-11-8(13(2,7-20-11)12(16)18)5-10(17-9)14(3,19)6-15/h1,5,19H,6-7,15H2,2-3H3,(H2,16,18)/t13-,14-/m0/s1. The van der Waals surface area contributed by atoms with Crippen molar-refractivity contribution in [2.24, 2.45) is 11.5 Å². The van der Waals surface area contributed by atoms with Gasteiger partial charge in [-0.3, -0.25) is 4.79 Å². The third-order valence-corrected chi connectivity index (χ3v) is 3.70. The maximum absolute atomic E-state index is 11.7. The Morgan fingerprint density at radius 2 is 2.40 bits per heavy atom. The molecule has 1 aliphatic rings. The Balaban J connectivity index is 2.71. The molecule has 0 saturated heterocycles. The first-order chi connectivity index (χ1) is 9.26. The van der Waals surface area contributed by atoms with E-state index in [4.69, 9.17) is 22.6 Å². The molecule has 0 aliphatic carbocycles. The van der Waals surface area contributed by atoms with Crippen molar-refractivity contribution >= 4 is 5.91 Å². The molecule has 106 valence electrons. The lowest BCUT2D eigenvalue weighted by atomic mass is 9.82. The predicted molar refractivity (Wildman–Crippen MR) is 72.8 cm³/mol. The molecule has 0 spiro atoms. The molecule has 0 unspecified atom stereocenters. The first-order valence-electron chi connectivity index (χ1n) is 6.14. The Labute approximate surface area is 117 Å². The van der Waals surface area contributed by atoms with Crippen LogP contribution in [-0.2, 0) is 15.8 Å². The van der Waals surface area contributed by atoms with Crippen molar-refractivity contribution < 1.29 is 14.6 Å². The number of ether oxygens (including phenoxy) is 1. The number of nitrogens with two attached hydrogens (primary N) is 2. The van der Waals surface area contributed by atoms with Crippen LogP contribution in [0.5, 0.6) is 5.75 Å². The molecule has 0 bridgehead atoms. The normalized spacial score (nSPS) is 23.4. The quantitative estimate of drug-likeness (QED) is 0.636. The number of hydrogen-bond acceptors (Lipinski definition) is 5. The number of primary amides is 1. The van der Waals surface area contributed by atoms with Crippen LogP contribution in [0.1, 0.15) is 30.8 Å². The van der Waals surface area contributed by atoms with Crippen molar-refractivity contribution in [2.75, 3.05) is 13.2 Å². The van der Waals surface area contributed by atoms with Gasteiger partial charge in [0.15, 0.2) is 11.4 Å². The van der Waals surface area contributed by atoms with Crippen LogP contribution < -0.4 is 16.2 Å². The van der Waals surface area contributed by atoms with Crippen molar-refractivity contribution in [1.82, 2.24) is 4.98 Å². The van der Waals surface area contributed by atoms with Crippen LogP contribution in [0.15, 0.2) is 6.07 Å². The van der Waals surface area contributed by atoms with Gasteiger partial charge in [-0.1, -0.05) is 0 Å². The molecule has 6 heteroatoms. The predicted octanol–water partition coefficient (Wildman–Crippen LogP) is -0.635. The minimum absolute atomic E-state index is 0.0308. The average Bonchev–Trinajstić information content (AvgIpc) is 2.77. The van der Waals surface area contributed by atoms with Gasteiger partial charge in [-0.05, 0) is 25.8 Å². The maximum Gasteiger partial charge on any atom is 0.231 e. The second kappa shape index (κ2) is 4.47. The van der Waals surface area contributed by atoms with E-state index in [1.54, 1.807) is 13.0 Å². The summed E-state index contributed by atoms with van der Waals surface area (Å²) in [5, 5.41) is 10.2. The summed E-state index contributed by atoms with van der Waals surface area (Å²) in [6.45, 7) is 3.26. The summed E-state index contributed by atoms with van der Waals surface area (Å²) in [5.74, 6) is 2.24. The van der Waals surface area contributed by atoms with Crippen molar-refractivity contribution in [3.63, 3.8) is 0 Å². The summed E-state index contributed by atoms with van der Waals surface area (Å²) in [6.07, 6.45) is 5.42. The van der Waals surface area contributed by atoms with Gasteiger partial charge < -0.3 is 21.3 Å². The molecular weight excluding hydrogens is 258 g/mol. The third kappa shape index (κ3) is 1.92. The first-order valence-corrected chi connectivity index (χ1v) is 6.14. The van der Waals surface area contributed by atoms with E-state index in [1.165, 1.54) is 6.92 Å². The highest BCUT2D eigenvalue weighted by Gasteiger charge is 2.44. The Bertz CT molecular complexity index is 619. The van der Waals surface area contributed by atoms with Crippen molar-refractivity contribution in [1.29, 1.82) is 0 Å². The second-order valence-corrected chi connectivity index (χ2v) is 5.34. The summed E-state index contributed by atoms with van der Waals surface area (Å²) in [5.41, 5.74) is 9.71. The average molecular weight is 275 g/mol. The zero-order valence-corrected chi connectivity index (χ0v) is 11.4. The van der Waals surface area contributed by atoms with E-state index >= 15 is 0 Å². The lowest BCUT2D eigenvalue weighted by molar-refractivity contribution is -0.123. The lowest BCUT2D eigenvalue weighted by Gasteiger charge is -2.23. The molecule has 6 nitrogen and oxygen atoms in total. The Hall–Kier alpha value is -2.10. The summed E-state index contributed by atoms with van der Waals surface area (Å²) in [4.78, 5) is 15.9. The number of pyridine rings is 1.